The molecule has 98 valence electrons. The summed E-state index contributed by atoms with van der Waals surface area (Å²) in [5, 5.41) is 0. The van der Waals surface area contributed by atoms with E-state index in [1.165, 1.54) is 0 Å². The topological polar surface area (TPSA) is 44.5 Å². The SMILES string of the molecule is COc1ccc(COc2ccccc2)cc1C(N)=S. The van der Waals surface area contributed by atoms with E-state index in [4.69, 9.17) is 27.4 Å². The maximum absolute atomic E-state index is 5.68. The number of rotatable bonds is 5. The molecule has 2 aromatic rings. The first-order valence-electron chi connectivity index (χ1n) is 5.85. The molecule has 0 aliphatic rings. The largest absolute Gasteiger partial charge is 0.496 e. The number of benzene rings is 2. The molecule has 2 N–H and O–H groups in total. The third-order valence-electron chi connectivity index (χ3n) is 2.68. The van der Waals surface area contributed by atoms with Gasteiger partial charge in [0.2, 0.25) is 0 Å². The summed E-state index contributed by atoms with van der Waals surface area (Å²) in [5.41, 5.74) is 7.40. The van der Waals surface area contributed by atoms with Crippen LogP contribution in [0, 0.1) is 0 Å². The third kappa shape index (κ3) is 3.45. The van der Waals surface area contributed by atoms with Crippen molar-refractivity contribution in [2.24, 2.45) is 5.73 Å². The highest BCUT2D eigenvalue weighted by Gasteiger charge is 2.07. The molecule has 2 rings (SSSR count). The first-order chi connectivity index (χ1) is 9.20. The molecule has 0 saturated heterocycles. The first-order valence-corrected chi connectivity index (χ1v) is 6.26. The molecule has 0 saturated carbocycles. The van der Waals surface area contributed by atoms with Crippen LogP contribution in [-0.2, 0) is 6.61 Å². The van der Waals surface area contributed by atoms with Gasteiger partial charge in [0.1, 0.15) is 23.1 Å². The van der Waals surface area contributed by atoms with Crippen LogP contribution in [-0.4, -0.2) is 12.1 Å². The van der Waals surface area contributed by atoms with E-state index >= 15 is 0 Å². The van der Waals surface area contributed by atoms with Gasteiger partial charge < -0.3 is 15.2 Å². The van der Waals surface area contributed by atoms with Gasteiger partial charge in [-0.05, 0) is 29.8 Å². The van der Waals surface area contributed by atoms with E-state index in [9.17, 15) is 0 Å². The average Bonchev–Trinajstić information content (AvgIpc) is 2.46. The molecule has 0 heterocycles. The third-order valence-corrected chi connectivity index (χ3v) is 2.90. The zero-order valence-electron chi connectivity index (χ0n) is 10.6. The minimum Gasteiger partial charge on any atom is -0.496 e. The van der Waals surface area contributed by atoms with Gasteiger partial charge in [-0.2, -0.15) is 0 Å². The Hall–Kier alpha value is -2.07. The standard InChI is InChI=1S/C15H15NO2S/c1-17-14-8-7-11(9-13(14)15(16)19)10-18-12-5-3-2-4-6-12/h2-9H,10H2,1H3,(H2,16,19). The van der Waals surface area contributed by atoms with E-state index in [2.05, 4.69) is 0 Å². The van der Waals surface area contributed by atoms with Crippen molar-refractivity contribution < 1.29 is 9.47 Å². The van der Waals surface area contributed by atoms with Gasteiger partial charge in [0, 0.05) is 0 Å². The summed E-state index contributed by atoms with van der Waals surface area (Å²) in [7, 11) is 1.59. The van der Waals surface area contributed by atoms with Gasteiger partial charge in [-0.1, -0.05) is 36.5 Å². The highest BCUT2D eigenvalue weighted by molar-refractivity contribution is 7.80. The summed E-state index contributed by atoms with van der Waals surface area (Å²) in [6.07, 6.45) is 0. The Morgan fingerprint density at radius 2 is 1.89 bits per heavy atom. The fourth-order valence-electron chi connectivity index (χ4n) is 1.72. The Bertz CT molecular complexity index is 570. The van der Waals surface area contributed by atoms with Crippen LogP contribution in [0.5, 0.6) is 11.5 Å². The normalized spacial score (nSPS) is 9.95. The van der Waals surface area contributed by atoms with Gasteiger partial charge >= 0.3 is 0 Å². The summed E-state index contributed by atoms with van der Waals surface area (Å²) in [5.74, 6) is 1.51. The maximum Gasteiger partial charge on any atom is 0.129 e. The van der Waals surface area contributed by atoms with E-state index in [0.717, 1.165) is 16.9 Å². The van der Waals surface area contributed by atoms with Crippen LogP contribution in [0.3, 0.4) is 0 Å². The van der Waals surface area contributed by atoms with Crippen LogP contribution < -0.4 is 15.2 Å². The van der Waals surface area contributed by atoms with Gasteiger partial charge in [0.05, 0.1) is 12.7 Å². The second-order valence-corrected chi connectivity index (χ2v) is 4.44. The van der Waals surface area contributed by atoms with Crippen molar-refractivity contribution >= 4 is 17.2 Å². The molecular weight excluding hydrogens is 258 g/mol. The zero-order valence-corrected chi connectivity index (χ0v) is 11.4. The highest BCUT2D eigenvalue weighted by Crippen LogP contribution is 2.21. The minimum atomic E-state index is 0.318. The molecule has 0 bridgehead atoms. The van der Waals surface area contributed by atoms with Gasteiger partial charge in [0.15, 0.2) is 0 Å². The van der Waals surface area contributed by atoms with E-state index in [-0.39, 0.29) is 0 Å². The van der Waals surface area contributed by atoms with E-state index in [0.29, 0.717) is 17.3 Å². The van der Waals surface area contributed by atoms with Crippen molar-refractivity contribution in [3.63, 3.8) is 0 Å². The second-order valence-electron chi connectivity index (χ2n) is 4.00. The number of ether oxygens (including phenoxy) is 2. The summed E-state index contributed by atoms with van der Waals surface area (Å²) in [6.45, 7) is 0.462. The Morgan fingerprint density at radius 1 is 1.16 bits per heavy atom. The molecule has 0 fully saturated rings. The molecule has 0 spiro atoms. The lowest BCUT2D eigenvalue weighted by Gasteiger charge is -2.10. The Morgan fingerprint density at radius 3 is 2.53 bits per heavy atom. The van der Waals surface area contributed by atoms with Crippen molar-refractivity contribution in [2.45, 2.75) is 6.61 Å². The van der Waals surface area contributed by atoms with Crippen LogP contribution in [0.15, 0.2) is 48.5 Å². The van der Waals surface area contributed by atoms with Crippen molar-refractivity contribution in [3.05, 3.63) is 59.7 Å². The second kappa shape index (κ2) is 6.20. The lowest BCUT2D eigenvalue weighted by Crippen LogP contribution is -2.11. The number of para-hydroxylation sites is 1. The monoisotopic (exact) mass is 273 g/mol. The van der Waals surface area contributed by atoms with Crippen LogP contribution in [0.25, 0.3) is 0 Å². The maximum atomic E-state index is 5.68. The molecule has 0 atom stereocenters. The number of hydrogen-bond acceptors (Lipinski definition) is 3. The predicted molar refractivity (Wildman–Crippen MR) is 79.7 cm³/mol. The molecule has 0 aromatic heterocycles. The minimum absolute atomic E-state index is 0.318. The summed E-state index contributed by atoms with van der Waals surface area (Å²) >= 11 is 5.01. The fourth-order valence-corrected chi connectivity index (χ4v) is 1.88. The van der Waals surface area contributed by atoms with Crippen molar-refractivity contribution in [2.75, 3.05) is 7.11 Å². The Balaban J connectivity index is 2.13. The van der Waals surface area contributed by atoms with E-state index < -0.39 is 0 Å². The molecule has 3 nitrogen and oxygen atoms in total. The molecule has 0 radical (unpaired) electrons. The van der Waals surface area contributed by atoms with Gasteiger partial charge in [-0.3, -0.25) is 0 Å². The van der Waals surface area contributed by atoms with Crippen molar-refractivity contribution in [1.29, 1.82) is 0 Å². The summed E-state index contributed by atoms with van der Waals surface area (Å²) in [6, 6.07) is 15.3. The van der Waals surface area contributed by atoms with Gasteiger partial charge in [-0.25, -0.2) is 0 Å². The van der Waals surface area contributed by atoms with Gasteiger partial charge in [-0.15, -0.1) is 0 Å². The number of hydrogen-bond donors (Lipinski definition) is 1. The van der Waals surface area contributed by atoms with Crippen LogP contribution in [0.2, 0.25) is 0 Å². The quantitative estimate of drug-likeness (QED) is 0.851. The molecular formula is C15H15NO2S. The zero-order chi connectivity index (χ0) is 13.7. The molecule has 0 aliphatic heterocycles. The molecule has 4 heteroatoms. The highest BCUT2D eigenvalue weighted by atomic mass is 32.1. The average molecular weight is 273 g/mol. The number of methoxy groups -OCH3 is 1. The number of nitrogens with two attached hydrogens (primary N) is 1. The summed E-state index contributed by atoms with van der Waals surface area (Å²) < 4.78 is 10.9. The van der Waals surface area contributed by atoms with Crippen LogP contribution in [0.4, 0.5) is 0 Å². The van der Waals surface area contributed by atoms with E-state index in [1.54, 1.807) is 7.11 Å². The van der Waals surface area contributed by atoms with E-state index in [1.807, 2.05) is 48.5 Å². The van der Waals surface area contributed by atoms with Crippen molar-refractivity contribution in [1.82, 2.24) is 0 Å². The van der Waals surface area contributed by atoms with Crippen molar-refractivity contribution in [3.8, 4) is 11.5 Å². The molecule has 0 amide bonds. The lowest BCUT2D eigenvalue weighted by molar-refractivity contribution is 0.306. The Labute approximate surface area is 118 Å². The molecule has 0 aliphatic carbocycles. The first kappa shape index (κ1) is 13.4. The smallest absolute Gasteiger partial charge is 0.129 e. The predicted octanol–water partition coefficient (Wildman–Crippen LogP) is 2.91. The molecule has 0 unspecified atom stereocenters. The lowest BCUT2D eigenvalue weighted by atomic mass is 10.1. The summed E-state index contributed by atoms with van der Waals surface area (Å²) in [4.78, 5) is 0.318. The van der Waals surface area contributed by atoms with Crippen LogP contribution in [0.1, 0.15) is 11.1 Å². The Kier molecular flexibility index (Phi) is 4.36. The number of thiocarbonyl (C=S) groups is 1. The molecule has 19 heavy (non-hydrogen) atoms. The van der Waals surface area contributed by atoms with Gasteiger partial charge in [0.25, 0.3) is 0 Å². The molecule has 2 aromatic carbocycles. The fraction of sp³-hybridized carbons (Fsp3) is 0.133. The van der Waals surface area contributed by atoms with Crippen LogP contribution >= 0.6 is 12.2 Å².